The Bertz CT molecular complexity index is 1640. The van der Waals surface area contributed by atoms with Gasteiger partial charge in [0.25, 0.3) is 5.56 Å². The third-order valence-corrected chi connectivity index (χ3v) is 6.23. The zero-order valence-electron chi connectivity index (χ0n) is 18.3. The molecule has 34 heavy (non-hydrogen) atoms. The molecule has 4 aromatic rings. The number of rotatable bonds is 4. The summed E-state index contributed by atoms with van der Waals surface area (Å²) in [6, 6.07) is 18.1. The van der Waals surface area contributed by atoms with E-state index in [2.05, 4.69) is 31.9 Å². The second-order valence-electron chi connectivity index (χ2n) is 8.16. The fraction of sp³-hybridized carbons (Fsp3) is 0.0769. The zero-order valence-corrected chi connectivity index (χ0v) is 19.0. The Labute approximate surface area is 199 Å². The van der Waals surface area contributed by atoms with E-state index < -0.39 is 0 Å². The molecule has 8 heteroatoms. The summed E-state index contributed by atoms with van der Waals surface area (Å²) in [5.74, 6) is 0. The molecule has 0 saturated heterocycles. The van der Waals surface area contributed by atoms with Crippen LogP contribution >= 0.6 is 11.6 Å². The molecular weight excluding hydrogens is 448 g/mol. The van der Waals surface area contributed by atoms with Crippen molar-refractivity contribution in [2.75, 3.05) is 0 Å². The maximum atomic E-state index is 13.5. The summed E-state index contributed by atoms with van der Waals surface area (Å²) in [6.07, 6.45) is 8.76. The lowest BCUT2D eigenvalue weighted by atomic mass is 10.1. The number of benzene rings is 2. The van der Waals surface area contributed by atoms with Gasteiger partial charge < -0.3 is 4.57 Å². The Morgan fingerprint density at radius 2 is 1.82 bits per heavy atom. The molecule has 166 valence electrons. The maximum absolute atomic E-state index is 13.5. The molecule has 0 saturated carbocycles. The van der Waals surface area contributed by atoms with Crippen LogP contribution in [0.25, 0.3) is 33.5 Å². The van der Waals surface area contributed by atoms with E-state index >= 15 is 0 Å². The van der Waals surface area contributed by atoms with Crippen molar-refractivity contribution in [1.82, 2.24) is 29.1 Å². The first-order valence-electron chi connectivity index (χ1n) is 10.8. The molecule has 2 aliphatic heterocycles. The van der Waals surface area contributed by atoms with E-state index in [1.54, 1.807) is 12.4 Å². The topological polar surface area (TPSA) is 70.5 Å². The lowest BCUT2D eigenvalue weighted by Gasteiger charge is -2.14. The summed E-state index contributed by atoms with van der Waals surface area (Å²) < 4.78 is 5.30. The molecule has 0 unspecified atom stereocenters. The predicted molar refractivity (Wildman–Crippen MR) is 132 cm³/mol. The molecule has 2 aliphatic rings. The van der Waals surface area contributed by atoms with Gasteiger partial charge in [-0.25, -0.2) is 4.68 Å². The molecule has 0 atom stereocenters. The Hall–Kier alpha value is -4.23. The van der Waals surface area contributed by atoms with Gasteiger partial charge in [0.2, 0.25) is 0 Å². The summed E-state index contributed by atoms with van der Waals surface area (Å²) in [5.41, 5.74) is 5.42. The third kappa shape index (κ3) is 3.29. The number of fused-ring (bicyclic) bond motifs is 3. The molecule has 7 nitrogen and oxygen atoms in total. The minimum absolute atomic E-state index is 0.209. The fourth-order valence-electron chi connectivity index (χ4n) is 4.33. The Kier molecular flexibility index (Phi) is 4.78. The van der Waals surface area contributed by atoms with E-state index in [0.717, 1.165) is 27.7 Å². The first-order valence-corrected chi connectivity index (χ1v) is 11.2. The van der Waals surface area contributed by atoms with E-state index in [4.69, 9.17) is 11.6 Å². The van der Waals surface area contributed by atoms with Crippen LogP contribution in [0.4, 0.5) is 0 Å². The van der Waals surface area contributed by atoms with E-state index in [1.165, 1.54) is 10.9 Å². The fourth-order valence-corrected chi connectivity index (χ4v) is 4.61. The highest BCUT2D eigenvalue weighted by atomic mass is 35.5. The first kappa shape index (κ1) is 20.4. The second kappa shape index (κ2) is 7.97. The number of hydrogen-bond acceptors (Lipinski definition) is 4. The van der Waals surface area contributed by atoms with Crippen LogP contribution in [-0.4, -0.2) is 29.1 Å². The van der Waals surface area contributed by atoms with Gasteiger partial charge in [-0.3, -0.25) is 9.78 Å². The molecular formula is C26H19ClN6O. The van der Waals surface area contributed by atoms with Gasteiger partial charge in [0.05, 0.1) is 27.5 Å². The summed E-state index contributed by atoms with van der Waals surface area (Å²) in [4.78, 5) is 17.6. The Morgan fingerprint density at radius 1 is 1.00 bits per heavy atom. The standard InChI is InChI=1S/C26H19ClN6O/c1-17-13-28-14-22(27)25(17)33-26(34)21-16-31(23-6-3-2-5-20(23)24(21)30-33)15-18-7-9-19(10-8-18)32-12-4-11-29-32/h2-14,16H,15H2,1H3. The zero-order chi connectivity index (χ0) is 23.2. The average molecular weight is 467 g/mol. The van der Waals surface area contributed by atoms with Crippen LogP contribution < -0.4 is 5.56 Å². The van der Waals surface area contributed by atoms with E-state index in [-0.39, 0.29) is 5.56 Å². The van der Waals surface area contributed by atoms with Crippen molar-refractivity contribution in [1.29, 1.82) is 0 Å². The van der Waals surface area contributed by atoms with Crippen molar-refractivity contribution < 1.29 is 0 Å². The Morgan fingerprint density at radius 3 is 2.59 bits per heavy atom. The number of aryl methyl sites for hydroxylation is 1. The highest BCUT2D eigenvalue weighted by Crippen LogP contribution is 2.30. The highest BCUT2D eigenvalue weighted by Gasteiger charge is 2.22. The van der Waals surface area contributed by atoms with E-state index in [1.807, 2.05) is 66.5 Å². The number of pyridine rings is 2. The van der Waals surface area contributed by atoms with Crippen molar-refractivity contribution in [2.45, 2.75) is 13.5 Å². The minimum Gasteiger partial charge on any atom is -0.342 e. The molecule has 0 spiro atoms. The van der Waals surface area contributed by atoms with Gasteiger partial charge in [-0.05, 0) is 42.3 Å². The third-order valence-electron chi connectivity index (χ3n) is 5.96. The molecule has 0 bridgehead atoms. The van der Waals surface area contributed by atoms with Gasteiger partial charge >= 0.3 is 0 Å². The summed E-state index contributed by atoms with van der Waals surface area (Å²) in [7, 11) is 0. The van der Waals surface area contributed by atoms with E-state index in [9.17, 15) is 4.79 Å². The van der Waals surface area contributed by atoms with Crippen molar-refractivity contribution in [3.63, 3.8) is 0 Å². The van der Waals surface area contributed by atoms with Gasteiger partial charge in [-0.2, -0.15) is 14.9 Å². The van der Waals surface area contributed by atoms with Crippen LogP contribution in [0.15, 0.2) is 90.4 Å². The van der Waals surface area contributed by atoms with Crippen molar-refractivity contribution in [2.24, 2.45) is 0 Å². The lowest BCUT2D eigenvalue weighted by molar-refractivity contribution is 0.824. The lowest BCUT2D eigenvalue weighted by Crippen LogP contribution is -2.17. The molecule has 2 aromatic heterocycles. The predicted octanol–water partition coefficient (Wildman–Crippen LogP) is 4.88. The normalized spacial score (nSPS) is 11.5. The van der Waals surface area contributed by atoms with Crippen LogP contribution in [0.3, 0.4) is 0 Å². The monoisotopic (exact) mass is 466 g/mol. The van der Waals surface area contributed by atoms with Gasteiger partial charge in [0.1, 0.15) is 5.69 Å². The molecule has 0 amide bonds. The number of halogens is 1. The number of aromatic nitrogens is 6. The van der Waals surface area contributed by atoms with Gasteiger partial charge in [0.15, 0.2) is 0 Å². The molecule has 4 heterocycles. The molecule has 0 fully saturated rings. The van der Waals surface area contributed by atoms with Crippen molar-refractivity contribution >= 4 is 22.5 Å². The number of para-hydroxylation sites is 1. The molecule has 0 N–H and O–H groups in total. The summed E-state index contributed by atoms with van der Waals surface area (Å²) >= 11 is 6.40. The van der Waals surface area contributed by atoms with Crippen LogP contribution in [0, 0.1) is 6.92 Å². The quantitative estimate of drug-likeness (QED) is 0.371. The SMILES string of the molecule is Cc1cncc(Cl)c1-n1nc2c3ccccc3n(Cc3ccc(-n4cccn4)cc3)cc-2c1=O. The van der Waals surface area contributed by atoms with Gasteiger partial charge in [-0.1, -0.05) is 41.9 Å². The molecule has 0 aliphatic carbocycles. The van der Waals surface area contributed by atoms with Crippen LogP contribution in [-0.2, 0) is 6.54 Å². The Balaban J connectivity index is 1.49. The van der Waals surface area contributed by atoms with Crippen molar-refractivity contribution in [3.8, 4) is 22.6 Å². The first-order chi connectivity index (χ1) is 16.6. The summed E-state index contributed by atoms with van der Waals surface area (Å²) in [5, 5.41) is 10.3. The number of hydrogen-bond donors (Lipinski definition) is 0. The minimum atomic E-state index is -0.209. The van der Waals surface area contributed by atoms with Crippen LogP contribution in [0.5, 0.6) is 0 Å². The van der Waals surface area contributed by atoms with Gasteiger partial charge in [-0.15, -0.1) is 0 Å². The number of nitrogens with zero attached hydrogens (tertiary/aromatic N) is 6. The summed E-state index contributed by atoms with van der Waals surface area (Å²) in [6.45, 7) is 2.47. The highest BCUT2D eigenvalue weighted by molar-refractivity contribution is 6.32. The molecule has 6 rings (SSSR count). The average Bonchev–Trinajstić information content (AvgIpc) is 3.49. The smallest absolute Gasteiger partial charge is 0.282 e. The maximum Gasteiger partial charge on any atom is 0.282 e. The molecule has 2 aromatic carbocycles. The molecule has 0 radical (unpaired) electrons. The van der Waals surface area contributed by atoms with Crippen molar-refractivity contribution in [3.05, 3.63) is 112 Å². The van der Waals surface area contributed by atoms with Crippen LogP contribution in [0.2, 0.25) is 5.02 Å². The van der Waals surface area contributed by atoms with E-state index in [0.29, 0.717) is 28.5 Å². The second-order valence-corrected chi connectivity index (χ2v) is 8.56. The van der Waals surface area contributed by atoms with Crippen LogP contribution in [0.1, 0.15) is 11.1 Å². The largest absolute Gasteiger partial charge is 0.342 e. The van der Waals surface area contributed by atoms with Gasteiger partial charge in [0, 0.05) is 42.9 Å².